The molecule has 9 rings (SSSR count). The standard InChI is InChI=1S/C56H69N3S/c1-33(2)38-31-57(34(3)4)25-22-42-49-40-18-16-15-17-39(40)47(54(8,9)10)29-45(49)52-43-28-44-41-19-20-46-50(56(13,14)24-23-55(46,11)12)53(41)60-48(44)27-37(43)21-26-59(52)51(42)36(7)30-58(32-38)35(5)6/h15-21,26-29,31-35,42,51H,7,22-25,30H2,1-6,8-14H3/q+2. The highest BCUT2D eigenvalue weighted by molar-refractivity contribution is 7.26. The maximum Gasteiger partial charge on any atom is 0.221 e. The van der Waals surface area contributed by atoms with Gasteiger partial charge in [0.05, 0.1) is 22.4 Å². The highest BCUT2D eigenvalue weighted by Gasteiger charge is 2.46. The van der Waals surface area contributed by atoms with E-state index in [9.17, 15) is 0 Å². The van der Waals surface area contributed by atoms with Crippen LogP contribution in [0, 0.1) is 5.92 Å². The topological polar surface area (TPSA) is 10.1 Å². The van der Waals surface area contributed by atoms with Crippen molar-refractivity contribution in [3.63, 3.8) is 0 Å². The molecule has 1 aliphatic carbocycles. The Labute approximate surface area is 364 Å². The average molecular weight is 816 g/mol. The number of allylic oxidation sites excluding steroid dienone is 1. The zero-order valence-electron chi connectivity index (χ0n) is 38.9. The van der Waals surface area contributed by atoms with Gasteiger partial charge in [0.25, 0.3) is 0 Å². The molecule has 2 aliphatic heterocycles. The summed E-state index contributed by atoms with van der Waals surface area (Å²) in [6.45, 7) is 37.9. The summed E-state index contributed by atoms with van der Waals surface area (Å²) in [7, 11) is 0. The molecule has 3 aliphatic rings. The first-order valence-electron chi connectivity index (χ1n) is 23.0. The molecule has 0 radical (unpaired) electrons. The van der Waals surface area contributed by atoms with Crippen molar-refractivity contribution >= 4 is 59.3 Å². The predicted molar refractivity (Wildman–Crippen MR) is 261 cm³/mol. The van der Waals surface area contributed by atoms with Gasteiger partial charge in [0.15, 0.2) is 25.0 Å². The van der Waals surface area contributed by atoms with E-state index < -0.39 is 0 Å². The van der Waals surface area contributed by atoms with Crippen LogP contribution in [0.3, 0.4) is 0 Å². The Bertz CT molecular complexity index is 2800. The van der Waals surface area contributed by atoms with Crippen molar-refractivity contribution in [1.82, 2.24) is 4.90 Å². The second-order valence-electron chi connectivity index (χ2n) is 21.9. The van der Waals surface area contributed by atoms with E-state index in [0.29, 0.717) is 18.0 Å². The van der Waals surface area contributed by atoms with E-state index in [2.05, 4.69) is 183 Å². The van der Waals surface area contributed by atoms with E-state index in [-0.39, 0.29) is 28.2 Å². The predicted octanol–water partition coefficient (Wildman–Crippen LogP) is 14.3. The molecule has 2 aromatic heterocycles. The summed E-state index contributed by atoms with van der Waals surface area (Å²) < 4.78 is 8.11. The van der Waals surface area contributed by atoms with E-state index in [0.717, 1.165) is 19.5 Å². The first-order valence-corrected chi connectivity index (χ1v) is 23.8. The average Bonchev–Trinajstić information content (AvgIpc) is 3.53. The molecule has 0 bridgehead atoms. The fourth-order valence-corrected chi connectivity index (χ4v) is 12.6. The molecule has 4 heterocycles. The van der Waals surface area contributed by atoms with Gasteiger partial charge in [-0.1, -0.05) is 105 Å². The third-order valence-corrected chi connectivity index (χ3v) is 16.0. The van der Waals surface area contributed by atoms with Crippen molar-refractivity contribution in [2.45, 2.75) is 150 Å². The number of nitrogens with zero attached hydrogens (tertiary/aromatic N) is 3. The smallest absolute Gasteiger partial charge is 0.221 e. The number of benzene rings is 4. The fourth-order valence-electron chi connectivity index (χ4n) is 11.2. The van der Waals surface area contributed by atoms with Gasteiger partial charge in [-0.05, 0) is 126 Å². The lowest BCUT2D eigenvalue weighted by Crippen LogP contribution is -2.50. The lowest BCUT2D eigenvalue weighted by molar-refractivity contribution is -0.711. The Kier molecular flexibility index (Phi) is 9.86. The number of rotatable bonds is 3. The molecule has 4 aromatic carbocycles. The minimum Gasteiger partial charge on any atom is -0.374 e. The molecular weight excluding hydrogens is 747 g/mol. The maximum atomic E-state index is 5.08. The lowest BCUT2D eigenvalue weighted by Gasteiger charge is -2.42. The molecule has 0 amide bonds. The summed E-state index contributed by atoms with van der Waals surface area (Å²) in [6, 6.07) is 25.2. The molecule has 60 heavy (non-hydrogen) atoms. The highest BCUT2D eigenvalue weighted by Crippen LogP contribution is 2.54. The molecule has 2 atom stereocenters. The monoisotopic (exact) mass is 816 g/mol. The van der Waals surface area contributed by atoms with Crippen molar-refractivity contribution in [2.75, 3.05) is 13.1 Å². The molecule has 312 valence electrons. The van der Waals surface area contributed by atoms with Crippen LogP contribution in [-0.2, 0) is 16.2 Å². The number of thiophene rings is 1. The van der Waals surface area contributed by atoms with Crippen LogP contribution in [0.5, 0.6) is 0 Å². The van der Waals surface area contributed by atoms with Gasteiger partial charge in [0.2, 0.25) is 5.69 Å². The molecule has 4 heteroatoms. The summed E-state index contributed by atoms with van der Waals surface area (Å²) in [5.74, 6) is 0.660. The van der Waals surface area contributed by atoms with E-state index in [1.54, 1.807) is 11.1 Å². The zero-order chi connectivity index (χ0) is 42.8. The van der Waals surface area contributed by atoms with Gasteiger partial charge in [-0.3, -0.25) is 0 Å². The van der Waals surface area contributed by atoms with Crippen LogP contribution < -0.4 is 4.57 Å². The molecule has 0 fully saturated rings. The summed E-state index contributed by atoms with van der Waals surface area (Å²) >= 11 is 2.02. The fraction of sp³-hybridized carbons (Fsp3) is 0.464. The third-order valence-electron chi connectivity index (χ3n) is 14.8. The van der Waals surface area contributed by atoms with Crippen LogP contribution in [0.15, 0.2) is 90.8 Å². The Morgan fingerprint density at radius 2 is 1.53 bits per heavy atom. The molecule has 3 nitrogen and oxygen atoms in total. The van der Waals surface area contributed by atoms with Gasteiger partial charge in [-0.25, -0.2) is 4.58 Å². The minimum absolute atomic E-state index is 0.0324. The van der Waals surface area contributed by atoms with Crippen molar-refractivity contribution in [2.24, 2.45) is 5.92 Å². The molecular formula is C56H69N3S+2. The van der Waals surface area contributed by atoms with Crippen LogP contribution in [0.2, 0.25) is 0 Å². The molecule has 6 aromatic rings. The first-order chi connectivity index (χ1) is 28.3. The number of aromatic nitrogens is 1. The summed E-state index contributed by atoms with van der Waals surface area (Å²) in [5.41, 5.74) is 11.7. The van der Waals surface area contributed by atoms with Crippen molar-refractivity contribution in [3.05, 3.63) is 113 Å². The Hall–Kier alpha value is -4.28. The Balaban J connectivity index is 1.37. The number of fused-ring (bicyclic) bond motifs is 15. The van der Waals surface area contributed by atoms with Crippen molar-refractivity contribution in [3.8, 4) is 11.3 Å². The van der Waals surface area contributed by atoms with Crippen LogP contribution >= 0.6 is 11.3 Å². The first kappa shape index (κ1) is 41.1. The van der Waals surface area contributed by atoms with E-state index in [4.69, 9.17) is 6.58 Å². The number of hydrogen-bond acceptors (Lipinski definition) is 2. The normalized spacial score (nSPS) is 21.5. The summed E-state index contributed by atoms with van der Waals surface area (Å²) in [6.07, 6.45) is 10.8. The lowest BCUT2D eigenvalue weighted by atomic mass is 9.63. The summed E-state index contributed by atoms with van der Waals surface area (Å²) in [4.78, 5) is 2.61. The second-order valence-corrected chi connectivity index (χ2v) is 23.0. The highest BCUT2D eigenvalue weighted by atomic mass is 32.1. The van der Waals surface area contributed by atoms with Crippen molar-refractivity contribution < 1.29 is 9.14 Å². The van der Waals surface area contributed by atoms with Gasteiger partial charge >= 0.3 is 0 Å². The van der Waals surface area contributed by atoms with Gasteiger partial charge in [-0.15, -0.1) is 11.3 Å². The van der Waals surface area contributed by atoms with Gasteiger partial charge in [-0.2, -0.15) is 4.57 Å². The molecule has 0 saturated heterocycles. The molecule has 0 spiro atoms. The Morgan fingerprint density at radius 3 is 2.22 bits per heavy atom. The summed E-state index contributed by atoms with van der Waals surface area (Å²) in [5, 5.41) is 8.26. The molecule has 0 saturated carbocycles. The third kappa shape index (κ3) is 6.57. The van der Waals surface area contributed by atoms with Gasteiger partial charge < -0.3 is 4.90 Å². The van der Waals surface area contributed by atoms with Crippen LogP contribution in [0.25, 0.3) is 53.0 Å². The van der Waals surface area contributed by atoms with Crippen LogP contribution in [0.1, 0.15) is 143 Å². The maximum absolute atomic E-state index is 5.08. The van der Waals surface area contributed by atoms with Gasteiger partial charge in [0.1, 0.15) is 6.04 Å². The van der Waals surface area contributed by atoms with E-state index >= 15 is 0 Å². The Morgan fingerprint density at radius 1 is 0.817 bits per heavy atom. The van der Waals surface area contributed by atoms with Gasteiger partial charge in [0, 0.05) is 50.6 Å². The second kappa shape index (κ2) is 14.4. The van der Waals surface area contributed by atoms with Crippen LogP contribution in [0.4, 0.5) is 0 Å². The number of hydrogen-bond donors (Lipinski definition) is 0. The largest absolute Gasteiger partial charge is 0.374 e. The molecule has 2 unspecified atom stereocenters. The van der Waals surface area contributed by atoms with Crippen molar-refractivity contribution in [1.29, 1.82) is 0 Å². The quantitative estimate of drug-likeness (QED) is 0.128. The van der Waals surface area contributed by atoms with Crippen LogP contribution in [-0.4, -0.2) is 40.9 Å². The minimum atomic E-state index is -0.0324. The van der Waals surface area contributed by atoms with E-state index in [1.165, 1.54) is 88.1 Å². The van der Waals surface area contributed by atoms with E-state index in [1.807, 2.05) is 11.3 Å². The molecule has 0 N–H and O–H groups in total. The zero-order valence-corrected chi connectivity index (χ0v) is 39.7. The SMILES string of the molecule is C=C1C[N+](C(C)C)=C/C(C(C)C)=C\N(C(C)C)CCC2c3c(cc(C(C)(C)C)c4ccccc34)-c3c4cc5c(cc4cc[n+]3C12)sc1c2c(ccc15)C(C)(C)CCC2(C)C. The number of pyridine rings is 1.